The zero-order valence-electron chi connectivity index (χ0n) is 15.2. The number of amides is 2. The Kier molecular flexibility index (Phi) is 5.90. The number of pyridine rings is 1. The highest BCUT2D eigenvalue weighted by molar-refractivity contribution is 5.94. The average Bonchev–Trinajstić information content (AvgIpc) is 2.95. The summed E-state index contributed by atoms with van der Waals surface area (Å²) in [7, 11) is 0. The van der Waals surface area contributed by atoms with Gasteiger partial charge in [-0.1, -0.05) is 0 Å². The maximum absolute atomic E-state index is 12.7. The van der Waals surface area contributed by atoms with E-state index in [9.17, 15) is 14.7 Å². The van der Waals surface area contributed by atoms with Crippen LogP contribution in [-0.2, 0) is 4.79 Å². The van der Waals surface area contributed by atoms with Crippen molar-refractivity contribution in [3.8, 4) is 11.5 Å². The van der Waals surface area contributed by atoms with Gasteiger partial charge in [0.15, 0.2) is 6.10 Å². The molecule has 1 aliphatic heterocycles. The Morgan fingerprint density at radius 2 is 1.78 bits per heavy atom. The Morgan fingerprint density at radius 3 is 2.48 bits per heavy atom. The molecule has 1 fully saturated rings. The maximum atomic E-state index is 12.7. The molecule has 7 heteroatoms. The fourth-order valence-electron chi connectivity index (χ4n) is 3.05. The number of aromatic nitrogens is 1. The summed E-state index contributed by atoms with van der Waals surface area (Å²) >= 11 is 0. The van der Waals surface area contributed by atoms with Gasteiger partial charge in [0.2, 0.25) is 0 Å². The van der Waals surface area contributed by atoms with Gasteiger partial charge in [-0.2, -0.15) is 0 Å². The summed E-state index contributed by atoms with van der Waals surface area (Å²) in [6, 6.07) is 9.76. The van der Waals surface area contributed by atoms with E-state index in [4.69, 9.17) is 4.74 Å². The molecule has 1 aliphatic rings. The Labute approximate surface area is 158 Å². The van der Waals surface area contributed by atoms with E-state index in [2.05, 4.69) is 4.98 Å². The fraction of sp³-hybridized carbons (Fsp3) is 0.350. The fourth-order valence-corrected chi connectivity index (χ4v) is 3.05. The Bertz CT molecular complexity index is 780. The SMILES string of the molecule is CC(Oc1ccc(O)cc1)C(=O)N1CCCN(C(=O)c2cccnc2)CC1. The van der Waals surface area contributed by atoms with Gasteiger partial charge in [0, 0.05) is 38.6 Å². The van der Waals surface area contributed by atoms with Gasteiger partial charge in [0.05, 0.1) is 5.56 Å². The number of hydrogen-bond acceptors (Lipinski definition) is 5. The largest absolute Gasteiger partial charge is 0.508 e. The number of phenolic OH excluding ortho intramolecular Hbond substituents is 1. The van der Waals surface area contributed by atoms with Crippen LogP contribution in [0.3, 0.4) is 0 Å². The van der Waals surface area contributed by atoms with Crippen molar-refractivity contribution in [2.75, 3.05) is 26.2 Å². The van der Waals surface area contributed by atoms with E-state index < -0.39 is 6.10 Å². The molecular formula is C20H23N3O4. The van der Waals surface area contributed by atoms with E-state index in [-0.39, 0.29) is 17.6 Å². The third-order valence-electron chi connectivity index (χ3n) is 4.50. The second-order valence-corrected chi connectivity index (χ2v) is 6.47. The number of carbonyl (C=O) groups excluding carboxylic acids is 2. The first-order valence-corrected chi connectivity index (χ1v) is 8.98. The first-order chi connectivity index (χ1) is 13.0. The van der Waals surface area contributed by atoms with E-state index in [1.807, 2.05) is 0 Å². The lowest BCUT2D eigenvalue weighted by molar-refractivity contribution is -0.137. The normalized spacial score (nSPS) is 15.7. The number of phenols is 1. The van der Waals surface area contributed by atoms with Crippen molar-refractivity contribution in [3.63, 3.8) is 0 Å². The number of rotatable bonds is 4. The summed E-state index contributed by atoms with van der Waals surface area (Å²) in [6.45, 7) is 3.84. The van der Waals surface area contributed by atoms with Crippen LogP contribution in [0.15, 0.2) is 48.8 Å². The highest BCUT2D eigenvalue weighted by Crippen LogP contribution is 2.18. The molecule has 27 heavy (non-hydrogen) atoms. The van der Waals surface area contributed by atoms with Gasteiger partial charge in [-0.3, -0.25) is 14.6 Å². The van der Waals surface area contributed by atoms with E-state index in [1.54, 1.807) is 53.4 Å². The van der Waals surface area contributed by atoms with Gasteiger partial charge in [0.1, 0.15) is 11.5 Å². The average molecular weight is 369 g/mol. The molecule has 1 aromatic heterocycles. The second-order valence-electron chi connectivity index (χ2n) is 6.47. The van der Waals surface area contributed by atoms with Crippen LogP contribution >= 0.6 is 0 Å². The lowest BCUT2D eigenvalue weighted by Gasteiger charge is -2.25. The van der Waals surface area contributed by atoms with Crippen molar-refractivity contribution < 1.29 is 19.4 Å². The molecule has 3 rings (SSSR count). The van der Waals surface area contributed by atoms with Crippen LogP contribution in [0.4, 0.5) is 0 Å². The van der Waals surface area contributed by atoms with Crippen LogP contribution in [-0.4, -0.2) is 64.0 Å². The van der Waals surface area contributed by atoms with Crippen molar-refractivity contribution in [2.24, 2.45) is 0 Å². The van der Waals surface area contributed by atoms with E-state index in [0.29, 0.717) is 43.9 Å². The third kappa shape index (κ3) is 4.75. The topological polar surface area (TPSA) is 83.0 Å². The van der Waals surface area contributed by atoms with E-state index in [1.165, 1.54) is 12.1 Å². The Balaban J connectivity index is 1.57. The molecular weight excluding hydrogens is 346 g/mol. The quantitative estimate of drug-likeness (QED) is 0.890. The molecule has 2 aromatic rings. The van der Waals surface area contributed by atoms with E-state index in [0.717, 1.165) is 0 Å². The van der Waals surface area contributed by atoms with Crippen molar-refractivity contribution in [3.05, 3.63) is 54.4 Å². The minimum Gasteiger partial charge on any atom is -0.508 e. The number of benzene rings is 1. The number of nitrogens with zero attached hydrogens (tertiary/aromatic N) is 3. The monoisotopic (exact) mass is 369 g/mol. The van der Waals surface area contributed by atoms with Crippen molar-refractivity contribution in [1.82, 2.24) is 14.8 Å². The Hall–Kier alpha value is -3.09. The molecule has 1 unspecified atom stereocenters. The molecule has 0 aliphatic carbocycles. The first kappa shape index (κ1) is 18.7. The molecule has 2 heterocycles. The predicted molar refractivity (Wildman–Crippen MR) is 99.5 cm³/mol. The number of hydrogen-bond donors (Lipinski definition) is 1. The van der Waals surface area contributed by atoms with Crippen LogP contribution in [0.1, 0.15) is 23.7 Å². The molecule has 1 N–H and O–H groups in total. The number of ether oxygens (including phenoxy) is 1. The minimum atomic E-state index is -0.643. The maximum Gasteiger partial charge on any atom is 0.263 e. The summed E-state index contributed by atoms with van der Waals surface area (Å²) in [4.78, 5) is 32.8. The zero-order valence-corrected chi connectivity index (χ0v) is 15.2. The van der Waals surface area contributed by atoms with Crippen LogP contribution in [0.5, 0.6) is 11.5 Å². The minimum absolute atomic E-state index is 0.0641. The summed E-state index contributed by atoms with van der Waals surface area (Å²) in [5.74, 6) is 0.494. The summed E-state index contributed by atoms with van der Waals surface area (Å²) in [5.41, 5.74) is 0.557. The zero-order chi connectivity index (χ0) is 19.2. The highest BCUT2D eigenvalue weighted by atomic mass is 16.5. The van der Waals surface area contributed by atoms with E-state index >= 15 is 0 Å². The van der Waals surface area contributed by atoms with Crippen molar-refractivity contribution >= 4 is 11.8 Å². The molecule has 1 atom stereocenters. The Morgan fingerprint density at radius 1 is 1.07 bits per heavy atom. The molecule has 0 spiro atoms. The first-order valence-electron chi connectivity index (χ1n) is 8.98. The van der Waals surface area contributed by atoms with Gasteiger partial charge in [-0.15, -0.1) is 0 Å². The van der Waals surface area contributed by atoms with Crippen molar-refractivity contribution in [1.29, 1.82) is 0 Å². The lowest BCUT2D eigenvalue weighted by Crippen LogP contribution is -2.43. The highest BCUT2D eigenvalue weighted by Gasteiger charge is 2.26. The molecule has 2 amide bonds. The molecule has 0 saturated carbocycles. The standard InChI is InChI=1S/C20H23N3O4/c1-15(27-18-7-5-17(24)6-8-18)19(25)22-10-3-11-23(13-12-22)20(26)16-4-2-9-21-14-16/h2,4-9,14-15,24H,3,10-13H2,1H3. The molecule has 1 aromatic carbocycles. The molecule has 0 radical (unpaired) electrons. The van der Waals surface area contributed by atoms with Crippen molar-refractivity contribution in [2.45, 2.75) is 19.4 Å². The summed E-state index contributed by atoms with van der Waals surface area (Å²) in [5, 5.41) is 9.32. The second kappa shape index (κ2) is 8.53. The van der Waals surface area contributed by atoms with Crippen LogP contribution < -0.4 is 4.74 Å². The van der Waals surface area contributed by atoms with Crippen LogP contribution in [0.2, 0.25) is 0 Å². The molecule has 1 saturated heterocycles. The lowest BCUT2D eigenvalue weighted by atomic mass is 10.2. The summed E-state index contributed by atoms with van der Waals surface area (Å²) in [6.07, 6.45) is 3.26. The van der Waals surface area contributed by atoms with Gasteiger partial charge in [-0.25, -0.2) is 0 Å². The smallest absolute Gasteiger partial charge is 0.263 e. The van der Waals surface area contributed by atoms with Gasteiger partial charge >= 0.3 is 0 Å². The molecule has 142 valence electrons. The van der Waals surface area contributed by atoms with Gasteiger partial charge in [0.25, 0.3) is 11.8 Å². The summed E-state index contributed by atoms with van der Waals surface area (Å²) < 4.78 is 5.68. The van der Waals surface area contributed by atoms with Crippen LogP contribution in [0.25, 0.3) is 0 Å². The van der Waals surface area contributed by atoms with Gasteiger partial charge in [-0.05, 0) is 49.7 Å². The van der Waals surface area contributed by atoms with Gasteiger partial charge < -0.3 is 19.6 Å². The third-order valence-corrected chi connectivity index (χ3v) is 4.50. The number of carbonyl (C=O) groups is 2. The molecule has 0 bridgehead atoms. The number of aromatic hydroxyl groups is 1. The predicted octanol–water partition coefficient (Wildman–Crippen LogP) is 1.93. The molecule has 7 nitrogen and oxygen atoms in total. The van der Waals surface area contributed by atoms with Crippen LogP contribution in [0, 0.1) is 0 Å².